The molecule has 1 saturated carbocycles. The van der Waals surface area contributed by atoms with Crippen LogP contribution in [0.3, 0.4) is 0 Å². The van der Waals surface area contributed by atoms with Gasteiger partial charge in [0.15, 0.2) is 0 Å². The molecule has 0 atom stereocenters. The summed E-state index contributed by atoms with van der Waals surface area (Å²) in [6.07, 6.45) is 5.40. The summed E-state index contributed by atoms with van der Waals surface area (Å²) in [5, 5.41) is -0.200. The molecule has 5 rings (SSSR count). The van der Waals surface area contributed by atoms with Crippen molar-refractivity contribution < 1.29 is 22.7 Å². The van der Waals surface area contributed by atoms with Crippen molar-refractivity contribution in [2.45, 2.75) is 50.7 Å². The van der Waals surface area contributed by atoms with E-state index in [4.69, 9.17) is 22.1 Å². The molecule has 204 valence electrons. The molecule has 0 radical (unpaired) electrons. The molecule has 1 aliphatic rings. The summed E-state index contributed by atoms with van der Waals surface area (Å²) in [6.45, 7) is 2.13. The van der Waals surface area contributed by atoms with E-state index in [2.05, 4.69) is 4.98 Å². The summed E-state index contributed by atoms with van der Waals surface area (Å²) in [7, 11) is 1.53. The molecule has 10 heteroatoms. The summed E-state index contributed by atoms with van der Waals surface area (Å²) in [4.78, 5) is 19.8. The van der Waals surface area contributed by atoms with Crippen LogP contribution in [-0.2, 0) is 6.54 Å². The Bertz CT molecular complexity index is 1550. The van der Waals surface area contributed by atoms with Crippen LogP contribution >= 0.6 is 22.9 Å². The van der Waals surface area contributed by atoms with Crippen LogP contribution in [0.4, 0.5) is 13.2 Å². The van der Waals surface area contributed by atoms with Crippen LogP contribution < -0.4 is 10.5 Å². The van der Waals surface area contributed by atoms with Gasteiger partial charge in [-0.05, 0) is 68.5 Å². The summed E-state index contributed by atoms with van der Waals surface area (Å²) < 4.78 is 48.6. The molecule has 5 nitrogen and oxygen atoms in total. The van der Waals surface area contributed by atoms with Crippen LogP contribution in [0.1, 0.15) is 47.8 Å². The minimum atomic E-state index is -0.687. The van der Waals surface area contributed by atoms with Crippen molar-refractivity contribution in [2.24, 2.45) is 5.73 Å². The number of benzene rings is 2. The Morgan fingerprint density at radius 2 is 1.85 bits per heavy atom. The van der Waals surface area contributed by atoms with Gasteiger partial charge in [-0.25, -0.2) is 13.2 Å². The van der Waals surface area contributed by atoms with Gasteiger partial charge in [-0.15, -0.1) is 11.3 Å². The van der Waals surface area contributed by atoms with E-state index in [1.807, 2.05) is 13.0 Å². The van der Waals surface area contributed by atoms with Gasteiger partial charge in [0.1, 0.15) is 28.1 Å². The summed E-state index contributed by atoms with van der Waals surface area (Å²) in [5.41, 5.74) is 7.99. The van der Waals surface area contributed by atoms with E-state index in [0.717, 1.165) is 29.7 Å². The molecule has 4 aromatic rings. The second-order valence-corrected chi connectivity index (χ2v) is 11.6. The summed E-state index contributed by atoms with van der Waals surface area (Å²) >= 11 is 7.35. The molecule has 0 spiro atoms. The highest BCUT2D eigenvalue weighted by Gasteiger charge is 2.35. The first-order valence-electron chi connectivity index (χ1n) is 12.5. The number of hydrogen-bond acceptors (Lipinski definition) is 5. The Hall–Kier alpha value is -3.14. The fraction of sp³-hybridized carbons (Fsp3) is 0.310. The third-order valence-electron chi connectivity index (χ3n) is 7.33. The zero-order valence-electron chi connectivity index (χ0n) is 21.4. The number of carbonyl (C=O) groups is 1. The van der Waals surface area contributed by atoms with Crippen LogP contribution in [0.2, 0.25) is 5.02 Å². The first kappa shape index (κ1) is 27.4. The standard InChI is InChI=1S/C29H27ClF3N3O2S/c1-29(34)9-7-20(8-10-29)36(28(37)27-25(30)24-21(32)4-5-22(33)26(24)39-27)15-18-11-16(3-6-23(18)38-2)17-12-19(31)14-35-13-17/h3-6,11-14,20H,7-10,15,34H2,1-2H3. The molecule has 0 aliphatic heterocycles. The number of nitrogens with two attached hydrogens (primary N) is 1. The second kappa shape index (κ2) is 10.8. The lowest BCUT2D eigenvalue weighted by atomic mass is 9.81. The molecule has 39 heavy (non-hydrogen) atoms. The van der Waals surface area contributed by atoms with Gasteiger partial charge in [0, 0.05) is 35.4 Å². The monoisotopic (exact) mass is 573 g/mol. The maximum Gasteiger partial charge on any atom is 0.266 e. The number of fused-ring (bicyclic) bond motifs is 1. The third-order valence-corrected chi connectivity index (χ3v) is 9.01. The van der Waals surface area contributed by atoms with Gasteiger partial charge in [0.2, 0.25) is 0 Å². The van der Waals surface area contributed by atoms with Gasteiger partial charge >= 0.3 is 0 Å². The highest BCUT2D eigenvalue weighted by molar-refractivity contribution is 7.21. The van der Waals surface area contributed by atoms with Gasteiger partial charge in [0.05, 0.1) is 28.4 Å². The SMILES string of the molecule is COc1ccc(-c2cncc(F)c2)cc1CN(C(=O)c1sc2c(F)ccc(F)c2c1Cl)C1CCC(C)(N)CC1. The highest BCUT2D eigenvalue weighted by Crippen LogP contribution is 2.41. The van der Waals surface area contributed by atoms with Crippen molar-refractivity contribution in [3.8, 4) is 16.9 Å². The summed E-state index contributed by atoms with van der Waals surface area (Å²) in [6, 6.07) is 8.60. The van der Waals surface area contributed by atoms with E-state index >= 15 is 0 Å². The molecule has 2 aromatic heterocycles. The zero-order valence-corrected chi connectivity index (χ0v) is 23.0. The van der Waals surface area contributed by atoms with Crippen molar-refractivity contribution in [1.29, 1.82) is 0 Å². The molecule has 0 saturated heterocycles. The Labute approximate surface area is 233 Å². The number of hydrogen-bond donors (Lipinski definition) is 1. The highest BCUT2D eigenvalue weighted by atomic mass is 35.5. The number of amides is 1. The van der Waals surface area contributed by atoms with Gasteiger partial charge in [0.25, 0.3) is 5.91 Å². The number of nitrogens with zero attached hydrogens (tertiary/aromatic N) is 2. The molecule has 1 aliphatic carbocycles. The Balaban J connectivity index is 1.57. The van der Waals surface area contributed by atoms with E-state index in [9.17, 15) is 18.0 Å². The first-order valence-corrected chi connectivity index (χ1v) is 13.7. The molecule has 0 bridgehead atoms. The van der Waals surface area contributed by atoms with Gasteiger partial charge in [-0.1, -0.05) is 17.7 Å². The van der Waals surface area contributed by atoms with Crippen molar-refractivity contribution >= 4 is 38.9 Å². The second-order valence-electron chi connectivity index (χ2n) is 10.2. The number of ether oxygens (including phenoxy) is 1. The number of halogens is 4. The van der Waals surface area contributed by atoms with Crippen LogP contribution in [0.5, 0.6) is 5.75 Å². The number of aromatic nitrogens is 1. The van der Waals surface area contributed by atoms with E-state index in [1.165, 1.54) is 13.2 Å². The van der Waals surface area contributed by atoms with E-state index in [-0.39, 0.29) is 38.1 Å². The lowest BCUT2D eigenvalue weighted by molar-refractivity contribution is 0.0583. The molecule has 1 fully saturated rings. The quantitative estimate of drug-likeness (QED) is 0.262. The average molecular weight is 574 g/mol. The topological polar surface area (TPSA) is 68.5 Å². The third kappa shape index (κ3) is 5.48. The number of rotatable bonds is 6. The van der Waals surface area contributed by atoms with E-state index in [1.54, 1.807) is 23.2 Å². The van der Waals surface area contributed by atoms with Crippen LogP contribution in [0, 0.1) is 17.5 Å². The molecule has 2 N–H and O–H groups in total. The van der Waals surface area contributed by atoms with Crippen molar-refractivity contribution in [3.05, 3.63) is 81.7 Å². The number of thiophene rings is 1. The van der Waals surface area contributed by atoms with Crippen molar-refractivity contribution in [3.63, 3.8) is 0 Å². The molecule has 2 heterocycles. The maximum absolute atomic E-state index is 14.6. The molecule has 2 aromatic carbocycles. The van der Waals surface area contributed by atoms with Gasteiger partial charge in [-0.3, -0.25) is 9.78 Å². The van der Waals surface area contributed by atoms with Crippen molar-refractivity contribution in [1.82, 2.24) is 9.88 Å². The fourth-order valence-corrected chi connectivity index (χ4v) is 6.65. The predicted octanol–water partition coefficient (Wildman–Crippen LogP) is 7.35. The number of pyridine rings is 1. The largest absolute Gasteiger partial charge is 0.496 e. The smallest absolute Gasteiger partial charge is 0.266 e. The number of methoxy groups -OCH3 is 1. The Kier molecular flexibility index (Phi) is 7.59. The predicted molar refractivity (Wildman–Crippen MR) is 148 cm³/mol. The minimum absolute atomic E-state index is 0.000315. The Morgan fingerprint density at radius 1 is 1.13 bits per heavy atom. The summed E-state index contributed by atoms with van der Waals surface area (Å²) in [5.74, 6) is -1.68. The van der Waals surface area contributed by atoms with Crippen LogP contribution in [0.25, 0.3) is 21.2 Å². The normalized spacial score (nSPS) is 19.3. The van der Waals surface area contributed by atoms with Crippen LogP contribution in [0.15, 0.2) is 48.8 Å². The molecular weight excluding hydrogens is 547 g/mol. The molecule has 0 unspecified atom stereocenters. The molecular formula is C29H27ClF3N3O2S. The lowest BCUT2D eigenvalue weighted by Crippen LogP contribution is -2.48. The van der Waals surface area contributed by atoms with Crippen molar-refractivity contribution in [2.75, 3.05) is 7.11 Å². The lowest BCUT2D eigenvalue weighted by Gasteiger charge is -2.40. The first-order chi connectivity index (χ1) is 18.6. The van der Waals surface area contributed by atoms with Gasteiger partial charge in [-0.2, -0.15) is 0 Å². The fourth-order valence-electron chi connectivity index (χ4n) is 5.14. The average Bonchev–Trinajstić information content (AvgIpc) is 3.27. The van der Waals surface area contributed by atoms with E-state index < -0.39 is 23.4 Å². The van der Waals surface area contributed by atoms with Crippen LogP contribution in [-0.4, -0.2) is 34.5 Å². The minimum Gasteiger partial charge on any atom is -0.496 e. The number of carbonyl (C=O) groups excluding carboxylic acids is 1. The Morgan fingerprint density at radius 3 is 2.51 bits per heavy atom. The van der Waals surface area contributed by atoms with E-state index in [0.29, 0.717) is 48.1 Å². The molecule has 1 amide bonds. The zero-order chi connectivity index (χ0) is 27.9. The van der Waals surface area contributed by atoms with Gasteiger partial charge < -0.3 is 15.4 Å². The maximum atomic E-state index is 14.6.